The van der Waals surface area contributed by atoms with Gasteiger partial charge in [0, 0.05) is 18.6 Å². The van der Waals surface area contributed by atoms with Crippen molar-refractivity contribution in [3.8, 4) is 0 Å². The number of hydrogen-bond donors (Lipinski definition) is 0. The molecule has 2 heteroatoms. The van der Waals surface area contributed by atoms with Crippen molar-refractivity contribution in [2.75, 3.05) is 0 Å². The molecule has 0 fully saturated rings. The van der Waals surface area contributed by atoms with E-state index in [0.29, 0.717) is 0 Å². The molecular weight excluding hydrogens is 148 g/mol. The Morgan fingerprint density at radius 1 is 1.50 bits per heavy atom. The van der Waals surface area contributed by atoms with Crippen molar-refractivity contribution in [3.05, 3.63) is 35.8 Å². The van der Waals surface area contributed by atoms with E-state index in [1.807, 2.05) is 12.4 Å². The van der Waals surface area contributed by atoms with Crippen LogP contribution in [0.1, 0.15) is 18.1 Å². The van der Waals surface area contributed by atoms with Gasteiger partial charge in [-0.1, -0.05) is 6.92 Å². The first-order valence-electron chi connectivity index (χ1n) is 4.23. The molecule has 2 nitrogen and oxygen atoms in total. The molecule has 0 saturated carbocycles. The third-order valence-corrected chi connectivity index (χ3v) is 2.23. The van der Waals surface area contributed by atoms with Gasteiger partial charge in [0.15, 0.2) is 0 Å². The van der Waals surface area contributed by atoms with Crippen LogP contribution >= 0.6 is 0 Å². The second kappa shape index (κ2) is 2.63. The zero-order valence-corrected chi connectivity index (χ0v) is 7.41. The lowest BCUT2D eigenvalue weighted by Crippen LogP contribution is -1.91. The van der Waals surface area contributed by atoms with Gasteiger partial charge >= 0.3 is 0 Å². The van der Waals surface area contributed by atoms with Crippen LogP contribution in [0.3, 0.4) is 0 Å². The van der Waals surface area contributed by atoms with Gasteiger partial charge in [-0.2, -0.15) is 0 Å². The summed E-state index contributed by atoms with van der Waals surface area (Å²) in [5.74, 6) is 0. The highest BCUT2D eigenvalue weighted by atomic mass is 15.0. The molecule has 0 aliphatic heterocycles. The molecular formula is C10H12N2. The summed E-state index contributed by atoms with van der Waals surface area (Å²) in [6.07, 6.45) is 7.04. The summed E-state index contributed by atoms with van der Waals surface area (Å²) < 4.78 is 2.06. The molecule has 2 rings (SSSR count). The van der Waals surface area contributed by atoms with Crippen LogP contribution in [-0.4, -0.2) is 9.38 Å². The van der Waals surface area contributed by atoms with E-state index in [4.69, 9.17) is 0 Å². The molecule has 62 valence electrons. The molecule has 0 aromatic carbocycles. The van der Waals surface area contributed by atoms with E-state index in [9.17, 15) is 0 Å². The van der Waals surface area contributed by atoms with Crippen LogP contribution < -0.4 is 0 Å². The Kier molecular flexibility index (Phi) is 1.61. The molecule has 0 aliphatic rings. The summed E-state index contributed by atoms with van der Waals surface area (Å²) in [4.78, 5) is 4.22. The fraction of sp³-hybridized carbons (Fsp3) is 0.300. The van der Waals surface area contributed by atoms with Gasteiger partial charge in [-0.3, -0.25) is 0 Å². The Morgan fingerprint density at radius 3 is 3.08 bits per heavy atom. The molecule has 2 heterocycles. The zero-order chi connectivity index (χ0) is 8.55. The van der Waals surface area contributed by atoms with Crippen molar-refractivity contribution < 1.29 is 0 Å². The molecule has 0 saturated heterocycles. The van der Waals surface area contributed by atoms with E-state index in [1.165, 1.54) is 11.1 Å². The van der Waals surface area contributed by atoms with Crippen molar-refractivity contribution in [2.24, 2.45) is 0 Å². The molecule has 0 spiro atoms. The van der Waals surface area contributed by atoms with Crippen LogP contribution in [0.2, 0.25) is 0 Å². The van der Waals surface area contributed by atoms with Crippen molar-refractivity contribution in [2.45, 2.75) is 20.3 Å². The van der Waals surface area contributed by atoms with Gasteiger partial charge in [0.25, 0.3) is 0 Å². The van der Waals surface area contributed by atoms with Crippen LogP contribution in [0.4, 0.5) is 0 Å². The minimum Gasteiger partial charge on any atom is -0.307 e. The van der Waals surface area contributed by atoms with Crippen molar-refractivity contribution in [1.82, 2.24) is 9.38 Å². The first-order valence-corrected chi connectivity index (χ1v) is 4.23. The predicted molar refractivity (Wildman–Crippen MR) is 49.3 cm³/mol. The minimum absolute atomic E-state index is 1.03. The van der Waals surface area contributed by atoms with E-state index in [0.717, 1.165) is 12.1 Å². The van der Waals surface area contributed by atoms with Crippen molar-refractivity contribution in [3.63, 3.8) is 0 Å². The lowest BCUT2D eigenvalue weighted by Gasteiger charge is -2.03. The fourth-order valence-corrected chi connectivity index (χ4v) is 1.47. The molecule has 0 amide bonds. The van der Waals surface area contributed by atoms with E-state index in [-0.39, 0.29) is 0 Å². The Labute approximate surface area is 71.9 Å². The molecule has 0 unspecified atom stereocenters. The van der Waals surface area contributed by atoms with Crippen LogP contribution in [0.15, 0.2) is 24.7 Å². The van der Waals surface area contributed by atoms with E-state index >= 15 is 0 Å². The molecule has 2 aromatic heterocycles. The van der Waals surface area contributed by atoms with E-state index in [2.05, 4.69) is 35.5 Å². The van der Waals surface area contributed by atoms with Crippen molar-refractivity contribution in [1.29, 1.82) is 0 Å². The Balaban J connectivity index is 2.73. The smallest absolute Gasteiger partial charge is 0.136 e. The maximum atomic E-state index is 4.22. The summed E-state index contributed by atoms with van der Waals surface area (Å²) in [6, 6.07) is 2.12. The van der Waals surface area contributed by atoms with Crippen LogP contribution in [0.25, 0.3) is 5.65 Å². The minimum atomic E-state index is 1.03. The number of aryl methyl sites for hydroxylation is 2. The molecule has 12 heavy (non-hydrogen) atoms. The van der Waals surface area contributed by atoms with Gasteiger partial charge < -0.3 is 4.40 Å². The highest BCUT2D eigenvalue weighted by Crippen LogP contribution is 2.11. The molecule has 0 bridgehead atoms. The first kappa shape index (κ1) is 7.35. The molecule has 0 radical (unpaired) electrons. The molecule has 0 N–H and O–H groups in total. The molecule has 2 aromatic rings. The maximum Gasteiger partial charge on any atom is 0.136 e. The highest BCUT2D eigenvalue weighted by Gasteiger charge is 1.98. The lowest BCUT2D eigenvalue weighted by molar-refractivity contribution is 1.04. The highest BCUT2D eigenvalue weighted by molar-refractivity contribution is 5.44. The SMILES string of the molecule is CCc1cn2ccnc2cc1C. The average Bonchev–Trinajstić information content (AvgIpc) is 2.49. The second-order valence-electron chi connectivity index (χ2n) is 3.03. The summed E-state index contributed by atoms with van der Waals surface area (Å²) in [7, 11) is 0. The van der Waals surface area contributed by atoms with E-state index < -0.39 is 0 Å². The first-order chi connectivity index (χ1) is 5.81. The van der Waals surface area contributed by atoms with Gasteiger partial charge in [-0.05, 0) is 30.5 Å². The lowest BCUT2D eigenvalue weighted by atomic mass is 10.1. The Hall–Kier alpha value is -1.31. The average molecular weight is 160 g/mol. The summed E-state index contributed by atoms with van der Waals surface area (Å²) >= 11 is 0. The second-order valence-corrected chi connectivity index (χ2v) is 3.03. The number of pyridine rings is 1. The largest absolute Gasteiger partial charge is 0.307 e. The topological polar surface area (TPSA) is 17.3 Å². The normalized spacial score (nSPS) is 10.8. The Bertz CT molecular complexity index is 401. The quantitative estimate of drug-likeness (QED) is 0.625. The van der Waals surface area contributed by atoms with E-state index in [1.54, 1.807) is 0 Å². The third-order valence-electron chi connectivity index (χ3n) is 2.23. The number of aromatic nitrogens is 2. The number of hydrogen-bond acceptors (Lipinski definition) is 1. The molecule has 0 atom stereocenters. The van der Waals surface area contributed by atoms with Gasteiger partial charge in [-0.15, -0.1) is 0 Å². The number of fused-ring (bicyclic) bond motifs is 1. The Morgan fingerprint density at radius 2 is 2.33 bits per heavy atom. The van der Waals surface area contributed by atoms with Crippen LogP contribution in [-0.2, 0) is 6.42 Å². The number of imidazole rings is 1. The van der Waals surface area contributed by atoms with Crippen LogP contribution in [0, 0.1) is 6.92 Å². The molecule has 0 aliphatic carbocycles. The van der Waals surface area contributed by atoms with Gasteiger partial charge in [0.2, 0.25) is 0 Å². The number of nitrogens with zero attached hydrogens (tertiary/aromatic N) is 2. The fourth-order valence-electron chi connectivity index (χ4n) is 1.47. The monoisotopic (exact) mass is 160 g/mol. The standard InChI is InChI=1S/C10H12N2/c1-3-9-7-12-5-4-11-10(12)6-8(9)2/h4-7H,3H2,1-2H3. The number of rotatable bonds is 1. The van der Waals surface area contributed by atoms with Gasteiger partial charge in [-0.25, -0.2) is 4.98 Å². The predicted octanol–water partition coefficient (Wildman–Crippen LogP) is 2.21. The summed E-state index contributed by atoms with van der Waals surface area (Å²) in [5.41, 5.74) is 3.75. The summed E-state index contributed by atoms with van der Waals surface area (Å²) in [6.45, 7) is 4.30. The zero-order valence-electron chi connectivity index (χ0n) is 7.41. The van der Waals surface area contributed by atoms with Gasteiger partial charge in [0.05, 0.1) is 0 Å². The maximum absolute atomic E-state index is 4.22. The third kappa shape index (κ3) is 0.998. The van der Waals surface area contributed by atoms with Crippen molar-refractivity contribution >= 4 is 5.65 Å². The summed E-state index contributed by atoms with van der Waals surface area (Å²) in [5, 5.41) is 0. The van der Waals surface area contributed by atoms with Gasteiger partial charge in [0.1, 0.15) is 5.65 Å². The van der Waals surface area contributed by atoms with Crippen LogP contribution in [0.5, 0.6) is 0 Å².